The molecule has 0 aromatic carbocycles. The molecule has 0 aliphatic rings. The van der Waals surface area contributed by atoms with Gasteiger partial charge in [0.2, 0.25) is 0 Å². The fraction of sp³-hybridized carbons (Fsp3) is 0.636. The summed E-state index contributed by atoms with van der Waals surface area (Å²) < 4.78 is 0. The van der Waals surface area contributed by atoms with Crippen LogP contribution in [0, 0.1) is 16.9 Å². The first-order valence-corrected chi connectivity index (χ1v) is 6.18. The Hall–Kier alpha value is -2.50. The van der Waals surface area contributed by atoms with Crippen LogP contribution in [0.4, 0.5) is 4.79 Å². The van der Waals surface area contributed by atoms with Gasteiger partial charge in [0, 0.05) is 6.42 Å². The Balaban J connectivity index is 4.25. The molecule has 0 saturated heterocycles. The van der Waals surface area contributed by atoms with Gasteiger partial charge in [0.05, 0.1) is 12.1 Å². The highest BCUT2D eigenvalue weighted by molar-refractivity contribution is 5.80. The highest BCUT2D eigenvalue weighted by atomic mass is 16.2. The zero-order valence-corrected chi connectivity index (χ0v) is 11.3. The molecule has 0 aliphatic carbocycles. The van der Waals surface area contributed by atoms with Crippen molar-refractivity contribution in [2.75, 3.05) is 0 Å². The Labute approximate surface area is 117 Å². The number of amides is 2. The normalized spacial score (nSPS) is 13.7. The lowest BCUT2D eigenvalue weighted by molar-refractivity contribution is -0.109. The molecule has 9 nitrogen and oxygen atoms in total. The number of nitriles is 1. The van der Waals surface area contributed by atoms with Gasteiger partial charge in [0.15, 0.2) is 0 Å². The maximum atomic E-state index is 11.6. The smallest absolute Gasteiger partial charge is 0.316 e. The van der Waals surface area contributed by atoms with Crippen LogP contribution in [0.1, 0.15) is 32.6 Å². The zero-order valence-electron chi connectivity index (χ0n) is 11.3. The second-order valence-corrected chi connectivity index (χ2v) is 4.06. The molecule has 9 heteroatoms. The molecular weight excluding hydrogens is 262 g/mol. The second-order valence-electron chi connectivity index (χ2n) is 4.06. The molecule has 110 valence electrons. The predicted molar refractivity (Wildman–Crippen MR) is 71.8 cm³/mol. The third-order valence-electron chi connectivity index (χ3n) is 2.41. The van der Waals surface area contributed by atoms with E-state index in [1.165, 1.54) is 0 Å². The summed E-state index contributed by atoms with van der Waals surface area (Å²) in [5.74, 6) is 0.110. The molecule has 0 heterocycles. The molecule has 0 radical (unpaired) electrons. The summed E-state index contributed by atoms with van der Waals surface area (Å²) in [5, 5.41) is 19.9. The molecule has 0 aromatic heterocycles. The second kappa shape index (κ2) is 10.4. The van der Waals surface area contributed by atoms with Gasteiger partial charge in [-0.2, -0.15) is 10.8 Å². The van der Waals surface area contributed by atoms with Crippen molar-refractivity contribution in [3.8, 4) is 6.07 Å². The molecule has 0 aromatic rings. The third-order valence-corrected chi connectivity index (χ3v) is 2.41. The molecule has 5 N–H and O–H groups in total. The summed E-state index contributed by atoms with van der Waals surface area (Å²) in [6.45, 7) is 1.90. The van der Waals surface area contributed by atoms with Crippen molar-refractivity contribution >= 4 is 18.2 Å². The molecule has 2 amide bonds. The maximum Gasteiger partial charge on any atom is 0.316 e. The number of aldehydes is 1. The lowest BCUT2D eigenvalue weighted by atomic mass is 10.1. The summed E-state index contributed by atoms with van der Waals surface area (Å²) in [7, 11) is 0. The van der Waals surface area contributed by atoms with E-state index >= 15 is 0 Å². The van der Waals surface area contributed by atoms with Gasteiger partial charge < -0.3 is 21.2 Å². The van der Waals surface area contributed by atoms with Crippen LogP contribution in [0.5, 0.6) is 0 Å². The fourth-order valence-electron chi connectivity index (χ4n) is 1.43. The van der Waals surface area contributed by atoms with Crippen molar-refractivity contribution in [3.05, 3.63) is 0 Å². The SMILES string of the molecule is CCCC(C=O)NC(=O)NC(C#N)CCC(N)=NN=N. The van der Waals surface area contributed by atoms with Gasteiger partial charge in [0.25, 0.3) is 0 Å². The number of carbonyl (C=O) groups is 2. The first kappa shape index (κ1) is 17.5. The number of nitrogens with zero attached hydrogens (tertiary/aromatic N) is 3. The van der Waals surface area contributed by atoms with Crippen LogP contribution in [0.25, 0.3) is 0 Å². The topological polar surface area (TPSA) is 157 Å². The monoisotopic (exact) mass is 281 g/mol. The van der Waals surface area contributed by atoms with Gasteiger partial charge in [-0.25, -0.2) is 4.79 Å². The maximum absolute atomic E-state index is 11.6. The van der Waals surface area contributed by atoms with Gasteiger partial charge in [-0.05, 0) is 12.8 Å². The van der Waals surface area contributed by atoms with Gasteiger partial charge in [-0.3, -0.25) is 0 Å². The van der Waals surface area contributed by atoms with Crippen LogP contribution in [0.2, 0.25) is 0 Å². The van der Waals surface area contributed by atoms with E-state index in [0.717, 1.165) is 6.42 Å². The Morgan fingerprint density at radius 1 is 1.50 bits per heavy atom. The minimum absolute atomic E-state index is 0.110. The molecule has 2 unspecified atom stereocenters. The average molecular weight is 281 g/mol. The molecule has 0 aliphatic heterocycles. The van der Waals surface area contributed by atoms with E-state index in [-0.39, 0.29) is 18.7 Å². The van der Waals surface area contributed by atoms with Crippen molar-refractivity contribution in [1.82, 2.24) is 10.6 Å². The van der Waals surface area contributed by atoms with Crippen LogP contribution in [0.3, 0.4) is 0 Å². The fourth-order valence-corrected chi connectivity index (χ4v) is 1.43. The highest BCUT2D eigenvalue weighted by Crippen LogP contribution is 1.98. The third kappa shape index (κ3) is 7.75. The minimum Gasteiger partial charge on any atom is -0.386 e. The van der Waals surface area contributed by atoms with Gasteiger partial charge in [0.1, 0.15) is 18.2 Å². The quantitative estimate of drug-likeness (QED) is 0.161. The molecule has 0 fully saturated rings. The Bertz CT molecular complexity index is 402. The van der Waals surface area contributed by atoms with Crippen molar-refractivity contribution in [1.29, 1.82) is 10.8 Å². The molecular formula is C11H19N7O2. The van der Waals surface area contributed by atoms with Gasteiger partial charge in [-0.1, -0.05) is 18.6 Å². The van der Waals surface area contributed by atoms with Crippen LogP contribution in [-0.4, -0.2) is 30.2 Å². The van der Waals surface area contributed by atoms with E-state index in [1.54, 1.807) is 0 Å². The van der Waals surface area contributed by atoms with E-state index in [0.29, 0.717) is 12.7 Å². The van der Waals surface area contributed by atoms with Crippen LogP contribution in [-0.2, 0) is 4.79 Å². The molecule has 0 bridgehead atoms. The van der Waals surface area contributed by atoms with Crippen molar-refractivity contribution in [2.45, 2.75) is 44.7 Å². The van der Waals surface area contributed by atoms with Crippen LogP contribution in [0.15, 0.2) is 10.3 Å². The van der Waals surface area contributed by atoms with E-state index in [9.17, 15) is 9.59 Å². The highest BCUT2D eigenvalue weighted by Gasteiger charge is 2.15. The van der Waals surface area contributed by atoms with Gasteiger partial charge >= 0.3 is 6.03 Å². The van der Waals surface area contributed by atoms with Crippen LogP contribution >= 0.6 is 0 Å². The lowest BCUT2D eigenvalue weighted by Crippen LogP contribution is -2.46. The van der Waals surface area contributed by atoms with Crippen molar-refractivity contribution < 1.29 is 9.59 Å². The minimum atomic E-state index is -0.761. The Kier molecular flexibility index (Phi) is 9.12. The van der Waals surface area contributed by atoms with Gasteiger partial charge in [-0.15, -0.1) is 5.10 Å². The number of amidine groups is 1. The largest absolute Gasteiger partial charge is 0.386 e. The molecule has 2 atom stereocenters. The number of nitrogens with one attached hydrogen (secondary N) is 3. The van der Waals surface area contributed by atoms with Crippen molar-refractivity contribution in [3.63, 3.8) is 0 Å². The summed E-state index contributed by atoms with van der Waals surface area (Å²) in [4.78, 5) is 22.3. The summed E-state index contributed by atoms with van der Waals surface area (Å²) in [6, 6.07) is 0.00194. The zero-order chi connectivity index (χ0) is 15.4. The molecule has 0 rings (SSSR count). The van der Waals surface area contributed by atoms with E-state index in [1.807, 2.05) is 13.0 Å². The Morgan fingerprint density at radius 2 is 2.20 bits per heavy atom. The predicted octanol–water partition coefficient (Wildman–Crippen LogP) is 0.629. The van der Waals surface area contributed by atoms with E-state index in [2.05, 4.69) is 21.0 Å². The molecule has 0 saturated carbocycles. The average Bonchev–Trinajstić information content (AvgIpc) is 2.43. The number of nitrogens with two attached hydrogens (primary N) is 1. The van der Waals surface area contributed by atoms with Crippen LogP contribution < -0.4 is 16.4 Å². The summed E-state index contributed by atoms with van der Waals surface area (Å²) in [6.07, 6.45) is 2.43. The number of urea groups is 1. The standard InChI is InChI=1S/C11H19N7O2/c1-2-3-9(7-19)16-11(20)15-8(6-12)4-5-10(13)17-18-14/h7-9H,2-5H2,1H3,(H3,13,14,17)(H2,15,16,20). The summed E-state index contributed by atoms with van der Waals surface area (Å²) >= 11 is 0. The first-order valence-electron chi connectivity index (χ1n) is 6.18. The van der Waals surface area contributed by atoms with E-state index in [4.69, 9.17) is 16.5 Å². The Morgan fingerprint density at radius 3 is 2.70 bits per heavy atom. The number of rotatable bonds is 9. The number of carbonyl (C=O) groups excluding carboxylic acids is 2. The number of hydrogen-bond donors (Lipinski definition) is 4. The molecule has 20 heavy (non-hydrogen) atoms. The first-order chi connectivity index (χ1) is 9.57. The lowest BCUT2D eigenvalue weighted by Gasteiger charge is -2.15. The van der Waals surface area contributed by atoms with E-state index < -0.39 is 18.1 Å². The summed E-state index contributed by atoms with van der Waals surface area (Å²) in [5.41, 5.74) is 11.9. The number of hydrogen-bond acceptors (Lipinski definition) is 5. The van der Waals surface area contributed by atoms with Crippen molar-refractivity contribution in [2.24, 2.45) is 16.1 Å². The molecule has 0 spiro atoms.